The third-order valence-electron chi connectivity index (χ3n) is 3.13. The van der Waals surface area contributed by atoms with Crippen LogP contribution in [0, 0.1) is 5.92 Å². The molecule has 1 heterocycles. The van der Waals surface area contributed by atoms with Crippen LogP contribution in [0.3, 0.4) is 0 Å². The third-order valence-corrected chi connectivity index (χ3v) is 4.70. The fourth-order valence-corrected chi connectivity index (χ4v) is 2.98. The maximum absolute atomic E-state index is 11.3. The van der Waals surface area contributed by atoms with Gasteiger partial charge >= 0.3 is 0 Å². The van der Waals surface area contributed by atoms with E-state index >= 15 is 0 Å². The van der Waals surface area contributed by atoms with Gasteiger partial charge in [-0.1, -0.05) is 0 Å². The number of sulfone groups is 1. The standard InChI is InChI=1S/C12H16ClNO2S/c1-17(15,16)12-4-2-11(3-5-12)14-7-6-10(8-13)9-14/h2-5,10H,6-9H2,1H3. The van der Waals surface area contributed by atoms with Crippen molar-refractivity contribution in [1.82, 2.24) is 0 Å². The van der Waals surface area contributed by atoms with Gasteiger partial charge in [0.25, 0.3) is 0 Å². The van der Waals surface area contributed by atoms with E-state index in [1.807, 2.05) is 12.1 Å². The molecule has 1 unspecified atom stereocenters. The minimum Gasteiger partial charge on any atom is -0.371 e. The molecule has 0 amide bonds. The minimum atomic E-state index is -3.10. The lowest BCUT2D eigenvalue weighted by Crippen LogP contribution is -2.19. The molecular formula is C12H16ClNO2S. The van der Waals surface area contributed by atoms with Crippen LogP contribution < -0.4 is 4.90 Å². The number of alkyl halides is 1. The van der Waals surface area contributed by atoms with Crippen LogP contribution in [0.4, 0.5) is 5.69 Å². The van der Waals surface area contributed by atoms with Crippen molar-refractivity contribution < 1.29 is 8.42 Å². The predicted molar refractivity (Wildman–Crippen MR) is 70.6 cm³/mol. The normalized spacial score (nSPS) is 20.8. The average Bonchev–Trinajstić information content (AvgIpc) is 2.76. The maximum Gasteiger partial charge on any atom is 0.175 e. The molecule has 1 fully saturated rings. The number of benzene rings is 1. The molecule has 1 aliphatic heterocycles. The van der Waals surface area contributed by atoms with Gasteiger partial charge in [-0.2, -0.15) is 0 Å². The maximum atomic E-state index is 11.3. The third kappa shape index (κ3) is 2.93. The Morgan fingerprint density at radius 2 is 2.00 bits per heavy atom. The second-order valence-corrected chi connectivity index (χ2v) is 6.85. The molecule has 1 saturated heterocycles. The Bertz CT molecular complexity index is 484. The Morgan fingerprint density at radius 1 is 1.35 bits per heavy atom. The van der Waals surface area contributed by atoms with Crippen LogP contribution in [0.15, 0.2) is 29.2 Å². The number of anilines is 1. The van der Waals surface area contributed by atoms with Crippen LogP contribution >= 0.6 is 11.6 Å². The summed E-state index contributed by atoms with van der Waals surface area (Å²) in [5.74, 6) is 1.24. The van der Waals surface area contributed by atoms with Crippen molar-refractivity contribution in [1.29, 1.82) is 0 Å². The van der Waals surface area contributed by atoms with Gasteiger partial charge in [-0.15, -0.1) is 11.6 Å². The number of hydrogen-bond acceptors (Lipinski definition) is 3. The molecule has 0 spiro atoms. The monoisotopic (exact) mass is 273 g/mol. The molecule has 1 atom stereocenters. The van der Waals surface area contributed by atoms with Crippen molar-refractivity contribution >= 4 is 27.1 Å². The molecule has 0 bridgehead atoms. The van der Waals surface area contributed by atoms with Gasteiger partial charge in [-0.3, -0.25) is 0 Å². The summed E-state index contributed by atoms with van der Waals surface area (Å²) in [6.07, 6.45) is 2.33. The van der Waals surface area contributed by atoms with Gasteiger partial charge in [0, 0.05) is 30.9 Å². The zero-order chi connectivity index (χ0) is 12.5. The van der Waals surface area contributed by atoms with E-state index in [1.54, 1.807) is 12.1 Å². The summed E-state index contributed by atoms with van der Waals surface area (Å²) in [6, 6.07) is 7.07. The highest BCUT2D eigenvalue weighted by Crippen LogP contribution is 2.25. The summed E-state index contributed by atoms with van der Waals surface area (Å²) in [5, 5.41) is 0. The van der Waals surface area contributed by atoms with Gasteiger partial charge in [0.2, 0.25) is 0 Å². The molecule has 94 valence electrons. The van der Waals surface area contributed by atoms with Gasteiger partial charge in [-0.05, 0) is 36.6 Å². The molecule has 2 rings (SSSR count). The van der Waals surface area contributed by atoms with E-state index in [4.69, 9.17) is 11.6 Å². The van der Waals surface area contributed by atoms with Crippen molar-refractivity contribution in [2.45, 2.75) is 11.3 Å². The number of rotatable bonds is 3. The van der Waals surface area contributed by atoms with Crippen LogP contribution in [-0.2, 0) is 9.84 Å². The summed E-state index contributed by atoms with van der Waals surface area (Å²) in [4.78, 5) is 2.62. The van der Waals surface area contributed by atoms with Crippen molar-refractivity contribution in [2.75, 3.05) is 30.1 Å². The molecule has 0 radical (unpaired) electrons. The smallest absolute Gasteiger partial charge is 0.175 e. The second-order valence-electron chi connectivity index (χ2n) is 4.52. The summed E-state index contributed by atoms with van der Waals surface area (Å²) in [5.41, 5.74) is 1.07. The molecule has 0 aliphatic carbocycles. The molecule has 0 saturated carbocycles. The topological polar surface area (TPSA) is 37.4 Å². The molecule has 1 aliphatic rings. The van der Waals surface area contributed by atoms with Crippen molar-refractivity contribution in [3.05, 3.63) is 24.3 Å². The molecule has 17 heavy (non-hydrogen) atoms. The first-order chi connectivity index (χ1) is 8.00. The number of hydrogen-bond donors (Lipinski definition) is 0. The van der Waals surface area contributed by atoms with Crippen LogP contribution in [0.1, 0.15) is 6.42 Å². The van der Waals surface area contributed by atoms with Crippen LogP contribution in [0.25, 0.3) is 0 Å². The van der Waals surface area contributed by atoms with E-state index in [0.29, 0.717) is 16.7 Å². The fraction of sp³-hybridized carbons (Fsp3) is 0.500. The van der Waals surface area contributed by atoms with E-state index in [9.17, 15) is 8.42 Å². The predicted octanol–water partition coefficient (Wildman–Crippen LogP) is 2.16. The quantitative estimate of drug-likeness (QED) is 0.792. The molecule has 5 heteroatoms. The molecular weight excluding hydrogens is 258 g/mol. The van der Waals surface area contributed by atoms with Crippen LogP contribution in [0.5, 0.6) is 0 Å². The zero-order valence-electron chi connectivity index (χ0n) is 9.77. The summed E-state index contributed by atoms with van der Waals surface area (Å²) in [6.45, 7) is 1.96. The van der Waals surface area contributed by atoms with Gasteiger partial charge in [0.15, 0.2) is 9.84 Å². The number of nitrogens with zero attached hydrogens (tertiary/aromatic N) is 1. The highest BCUT2D eigenvalue weighted by Gasteiger charge is 2.21. The highest BCUT2D eigenvalue weighted by molar-refractivity contribution is 7.90. The Kier molecular flexibility index (Phi) is 3.64. The second kappa shape index (κ2) is 4.86. The molecule has 1 aromatic rings. The van der Waals surface area contributed by atoms with Crippen molar-refractivity contribution in [2.24, 2.45) is 5.92 Å². The zero-order valence-corrected chi connectivity index (χ0v) is 11.3. The van der Waals surface area contributed by atoms with Gasteiger partial charge in [0.05, 0.1) is 4.90 Å². The van der Waals surface area contributed by atoms with E-state index < -0.39 is 9.84 Å². The first kappa shape index (κ1) is 12.7. The van der Waals surface area contributed by atoms with Crippen molar-refractivity contribution in [3.8, 4) is 0 Å². The van der Waals surface area contributed by atoms with E-state index in [-0.39, 0.29) is 0 Å². The first-order valence-corrected chi connectivity index (χ1v) is 8.04. The molecule has 0 N–H and O–H groups in total. The van der Waals surface area contributed by atoms with Crippen LogP contribution in [-0.4, -0.2) is 33.6 Å². The van der Waals surface area contributed by atoms with Gasteiger partial charge < -0.3 is 4.90 Å². The Labute approximate surface area is 107 Å². The average molecular weight is 274 g/mol. The van der Waals surface area contributed by atoms with Gasteiger partial charge in [0.1, 0.15) is 0 Å². The lowest BCUT2D eigenvalue weighted by Gasteiger charge is -2.18. The van der Waals surface area contributed by atoms with E-state index in [1.165, 1.54) is 6.26 Å². The minimum absolute atomic E-state index is 0.370. The van der Waals surface area contributed by atoms with Crippen LogP contribution in [0.2, 0.25) is 0 Å². The number of halogens is 1. The summed E-state index contributed by atoms with van der Waals surface area (Å²) < 4.78 is 22.7. The highest BCUT2D eigenvalue weighted by atomic mass is 35.5. The first-order valence-electron chi connectivity index (χ1n) is 5.62. The lowest BCUT2D eigenvalue weighted by atomic mass is 10.2. The Hall–Kier alpha value is -0.740. The summed E-state index contributed by atoms with van der Waals surface area (Å²) >= 11 is 5.84. The molecule has 0 aromatic heterocycles. The SMILES string of the molecule is CS(=O)(=O)c1ccc(N2CCC(CCl)C2)cc1. The molecule has 1 aromatic carbocycles. The largest absolute Gasteiger partial charge is 0.371 e. The Morgan fingerprint density at radius 3 is 2.47 bits per heavy atom. The summed E-state index contributed by atoms with van der Waals surface area (Å²) in [7, 11) is -3.10. The van der Waals surface area contributed by atoms with E-state index in [0.717, 1.165) is 25.2 Å². The van der Waals surface area contributed by atoms with E-state index in [2.05, 4.69) is 4.90 Å². The Balaban J connectivity index is 2.14. The fourth-order valence-electron chi connectivity index (χ4n) is 2.10. The van der Waals surface area contributed by atoms with Crippen molar-refractivity contribution in [3.63, 3.8) is 0 Å². The van der Waals surface area contributed by atoms with Gasteiger partial charge in [-0.25, -0.2) is 8.42 Å². The lowest BCUT2D eigenvalue weighted by molar-refractivity contribution is 0.602. The molecule has 3 nitrogen and oxygen atoms in total.